The number of nitrogens with zero attached hydrogens (tertiary/aromatic N) is 4. The molecule has 2 N–H and O–H groups in total. The largest absolute Gasteiger partial charge is 0.368 e. The molecule has 0 radical (unpaired) electrons. The lowest BCUT2D eigenvalue weighted by Gasteiger charge is -2.27. The minimum Gasteiger partial charge on any atom is -0.368 e. The lowest BCUT2D eigenvalue weighted by Crippen LogP contribution is -2.32. The Morgan fingerprint density at radius 1 is 1.39 bits per heavy atom. The molecule has 1 rings (SSSR count). The van der Waals surface area contributed by atoms with Crippen LogP contribution in [-0.2, 0) is 0 Å². The van der Waals surface area contributed by atoms with E-state index in [2.05, 4.69) is 9.97 Å². The van der Waals surface area contributed by atoms with Crippen LogP contribution in [0.15, 0.2) is 0 Å². The molecule has 0 saturated heterocycles. The molecule has 1 aromatic heterocycles. The average Bonchev–Trinajstić information content (AvgIpc) is 2.28. The van der Waals surface area contributed by atoms with Gasteiger partial charge in [0.25, 0.3) is 0 Å². The van der Waals surface area contributed by atoms with Gasteiger partial charge in [0.05, 0.1) is 4.92 Å². The summed E-state index contributed by atoms with van der Waals surface area (Å²) in [5.74, 6) is 0.351. The molecule has 0 aliphatic rings. The Kier molecular flexibility index (Phi) is 4.41. The van der Waals surface area contributed by atoms with Crippen molar-refractivity contribution in [2.24, 2.45) is 0 Å². The van der Waals surface area contributed by atoms with Crippen LogP contribution in [0.1, 0.15) is 32.4 Å². The number of aryl methyl sites for hydroxylation is 1. The number of nitrogen functional groups attached to an aromatic ring is 1. The van der Waals surface area contributed by atoms with Crippen LogP contribution in [0.4, 0.5) is 17.5 Å². The molecule has 0 aliphatic carbocycles. The van der Waals surface area contributed by atoms with Crippen LogP contribution in [0.25, 0.3) is 0 Å². The van der Waals surface area contributed by atoms with E-state index in [-0.39, 0.29) is 17.7 Å². The van der Waals surface area contributed by atoms with Crippen LogP contribution >= 0.6 is 0 Å². The first-order valence-electron chi connectivity index (χ1n) is 5.93. The average molecular weight is 253 g/mol. The molecular weight excluding hydrogens is 234 g/mol. The molecule has 0 aromatic carbocycles. The van der Waals surface area contributed by atoms with Crippen molar-refractivity contribution in [3.63, 3.8) is 0 Å². The van der Waals surface area contributed by atoms with Crippen molar-refractivity contribution in [1.82, 2.24) is 9.97 Å². The zero-order chi connectivity index (χ0) is 13.9. The van der Waals surface area contributed by atoms with E-state index in [1.54, 1.807) is 14.0 Å². The fourth-order valence-electron chi connectivity index (χ4n) is 2.04. The summed E-state index contributed by atoms with van der Waals surface area (Å²) >= 11 is 0. The fourth-order valence-corrected chi connectivity index (χ4v) is 2.04. The second-order valence-corrected chi connectivity index (χ2v) is 4.18. The number of hydrogen-bond acceptors (Lipinski definition) is 6. The minimum absolute atomic E-state index is 0.0610. The molecule has 0 bridgehead atoms. The number of aromatic nitrogens is 2. The fraction of sp³-hybridized carbons (Fsp3) is 0.636. The predicted molar refractivity (Wildman–Crippen MR) is 70.6 cm³/mol. The molecule has 1 aromatic rings. The normalized spacial score (nSPS) is 10.7. The second kappa shape index (κ2) is 5.61. The maximum atomic E-state index is 11.1. The van der Waals surface area contributed by atoms with E-state index in [4.69, 9.17) is 5.73 Å². The van der Waals surface area contributed by atoms with E-state index in [0.29, 0.717) is 11.5 Å². The maximum absolute atomic E-state index is 11.1. The quantitative estimate of drug-likeness (QED) is 0.635. The van der Waals surface area contributed by atoms with Crippen molar-refractivity contribution in [2.45, 2.75) is 39.7 Å². The summed E-state index contributed by atoms with van der Waals surface area (Å²) in [6.45, 7) is 5.64. The van der Waals surface area contributed by atoms with E-state index in [1.165, 1.54) is 0 Å². The van der Waals surface area contributed by atoms with Gasteiger partial charge in [0.1, 0.15) is 5.69 Å². The molecule has 0 atom stereocenters. The number of anilines is 2. The Morgan fingerprint density at radius 2 is 1.94 bits per heavy atom. The highest BCUT2D eigenvalue weighted by Crippen LogP contribution is 2.30. The minimum atomic E-state index is -0.455. The van der Waals surface area contributed by atoms with Crippen LogP contribution in [-0.4, -0.2) is 28.0 Å². The third-order valence-corrected chi connectivity index (χ3v) is 3.06. The molecule has 7 nitrogen and oxygen atoms in total. The highest BCUT2D eigenvalue weighted by atomic mass is 16.6. The zero-order valence-electron chi connectivity index (χ0n) is 11.2. The Labute approximate surface area is 106 Å². The first-order chi connectivity index (χ1) is 8.42. The van der Waals surface area contributed by atoms with Gasteiger partial charge in [-0.2, -0.15) is 4.98 Å². The number of nitrogens with two attached hydrogens (primary N) is 1. The predicted octanol–water partition coefficient (Wildman–Crippen LogP) is 1.90. The summed E-state index contributed by atoms with van der Waals surface area (Å²) in [7, 11) is 1.80. The molecule has 0 saturated carbocycles. The highest BCUT2D eigenvalue weighted by molar-refractivity contribution is 5.62. The van der Waals surface area contributed by atoms with Gasteiger partial charge in [0.15, 0.2) is 0 Å². The zero-order valence-corrected chi connectivity index (χ0v) is 11.2. The van der Waals surface area contributed by atoms with Gasteiger partial charge in [-0.05, 0) is 19.8 Å². The summed E-state index contributed by atoms with van der Waals surface area (Å²) in [4.78, 5) is 20.3. The van der Waals surface area contributed by atoms with Crippen molar-refractivity contribution >= 4 is 17.5 Å². The third-order valence-electron chi connectivity index (χ3n) is 3.06. The van der Waals surface area contributed by atoms with E-state index < -0.39 is 4.92 Å². The topological polar surface area (TPSA) is 98.2 Å². The van der Waals surface area contributed by atoms with Crippen molar-refractivity contribution in [1.29, 1.82) is 0 Å². The van der Waals surface area contributed by atoms with Crippen LogP contribution in [0, 0.1) is 17.0 Å². The summed E-state index contributed by atoms with van der Waals surface area (Å²) < 4.78 is 0. The van der Waals surface area contributed by atoms with Crippen LogP contribution in [0.5, 0.6) is 0 Å². The van der Waals surface area contributed by atoms with Gasteiger partial charge < -0.3 is 10.6 Å². The second-order valence-electron chi connectivity index (χ2n) is 4.18. The molecule has 100 valence electrons. The molecule has 0 spiro atoms. The Bertz CT molecular complexity index is 445. The first kappa shape index (κ1) is 14.1. The summed E-state index contributed by atoms with van der Waals surface area (Å²) in [5, 5.41) is 11.1. The smallest absolute Gasteiger partial charge is 0.332 e. The lowest BCUT2D eigenvalue weighted by molar-refractivity contribution is -0.385. The summed E-state index contributed by atoms with van der Waals surface area (Å²) in [5.41, 5.74) is 5.80. The molecule has 18 heavy (non-hydrogen) atoms. The van der Waals surface area contributed by atoms with Gasteiger partial charge in [0, 0.05) is 13.1 Å². The Hall–Kier alpha value is -1.92. The van der Waals surface area contributed by atoms with Crippen molar-refractivity contribution in [3.05, 3.63) is 15.8 Å². The summed E-state index contributed by atoms with van der Waals surface area (Å²) in [6.07, 6.45) is 1.76. The van der Waals surface area contributed by atoms with E-state index in [1.807, 2.05) is 18.7 Å². The third kappa shape index (κ3) is 2.66. The van der Waals surface area contributed by atoms with Crippen LogP contribution in [0.3, 0.4) is 0 Å². The van der Waals surface area contributed by atoms with Crippen molar-refractivity contribution in [2.75, 3.05) is 17.7 Å². The number of hydrogen-bond donors (Lipinski definition) is 1. The molecule has 0 amide bonds. The number of rotatable bonds is 5. The molecule has 0 unspecified atom stereocenters. The van der Waals surface area contributed by atoms with Crippen molar-refractivity contribution < 1.29 is 4.92 Å². The lowest BCUT2D eigenvalue weighted by atomic mass is 10.1. The molecule has 7 heteroatoms. The Morgan fingerprint density at radius 3 is 2.39 bits per heavy atom. The molecular formula is C11H19N5O2. The van der Waals surface area contributed by atoms with Crippen molar-refractivity contribution in [3.8, 4) is 0 Å². The van der Waals surface area contributed by atoms with Gasteiger partial charge in [-0.25, -0.2) is 4.98 Å². The monoisotopic (exact) mass is 253 g/mol. The van der Waals surface area contributed by atoms with Crippen LogP contribution in [0.2, 0.25) is 0 Å². The van der Waals surface area contributed by atoms with E-state index in [9.17, 15) is 10.1 Å². The van der Waals surface area contributed by atoms with Gasteiger partial charge >= 0.3 is 5.69 Å². The SMILES string of the molecule is CCC(CC)N(C)c1nc(N)nc(C)c1[N+](=O)[O-]. The number of nitro groups is 1. The standard InChI is InChI=1S/C11H19N5O2/c1-5-8(6-2)15(4)10-9(16(17)18)7(3)13-11(12)14-10/h8H,5-6H2,1-4H3,(H2,12,13,14). The first-order valence-corrected chi connectivity index (χ1v) is 5.93. The Balaban J connectivity index is 3.33. The van der Waals surface area contributed by atoms with Gasteiger partial charge in [-0.3, -0.25) is 10.1 Å². The van der Waals surface area contributed by atoms with E-state index in [0.717, 1.165) is 12.8 Å². The highest BCUT2D eigenvalue weighted by Gasteiger charge is 2.26. The maximum Gasteiger partial charge on any atom is 0.332 e. The van der Waals surface area contributed by atoms with Gasteiger partial charge in [-0.15, -0.1) is 0 Å². The molecule has 1 heterocycles. The molecule has 0 fully saturated rings. The van der Waals surface area contributed by atoms with Crippen LogP contribution < -0.4 is 10.6 Å². The van der Waals surface area contributed by atoms with Gasteiger partial charge in [-0.1, -0.05) is 13.8 Å². The van der Waals surface area contributed by atoms with E-state index >= 15 is 0 Å². The molecule has 0 aliphatic heterocycles. The summed E-state index contributed by atoms with van der Waals surface area (Å²) in [6, 6.07) is 0.192. The van der Waals surface area contributed by atoms with Gasteiger partial charge in [0.2, 0.25) is 11.8 Å².